The number of likely N-dealkylation sites (N-methyl/N-ethyl adjacent to an activating group) is 1. The van der Waals surface area contributed by atoms with Crippen molar-refractivity contribution in [3.63, 3.8) is 0 Å². The third-order valence-electron chi connectivity index (χ3n) is 3.98. The van der Waals surface area contributed by atoms with Crippen LogP contribution in [0.3, 0.4) is 0 Å². The van der Waals surface area contributed by atoms with Crippen LogP contribution in [0.15, 0.2) is 30.4 Å². The molecule has 0 spiro atoms. The van der Waals surface area contributed by atoms with Crippen LogP contribution in [0, 0.1) is 13.8 Å². The standard InChI is InChI=1S/C18H27BN2O4/c1-5-7-18(23)21(6-2)12-17(22)20-16(19(24)25)11-15-9-8-13(3)10-14(15)4/h5,7-10,16,24-25H,6,11-12H2,1-4H3,(H,20,22)/b7-5+. The van der Waals surface area contributed by atoms with Gasteiger partial charge < -0.3 is 20.3 Å². The third kappa shape index (κ3) is 6.72. The second-order valence-corrected chi connectivity index (χ2v) is 6.07. The van der Waals surface area contributed by atoms with Gasteiger partial charge in [-0.05, 0) is 51.3 Å². The molecule has 136 valence electrons. The van der Waals surface area contributed by atoms with Gasteiger partial charge in [-0.2, -0.15) is 0 Å². The molecule has 7 heteroatoms. The SMILES string of the molecule is C/C=C/C(=O)N(CC)CC(=O)NC(Cc1ccc(C)cc1C)B(O)O. The Morgan fingerprint density at radius 1 is 1.32 bits per heavy atom. The number of nitrogens with zero attached hydrogens (tertiary/aromatic N) is 1. The average Bonchev–Trinajstić information content (AvgIpc) is 2.54. The van der Waals surface area contributed by atoms with Gasteiger partial charge in [0.1, 0.15) is 0 Å². The van der Waals surface area contributed by atoms with Crippen molar-refractivity contribution in [3.8, 4) is 0 Å². The number of rotatable bonds is 8. The van der Waals surface area contributed by atoms with Crippen LogP contribution in [-0.4, -0.2) is 52.9 Å². The smallest absolute Gasteiger partial charge is 0.426 e. The maximum absolute atomic E-state index is 12.2. The lowest BCUT2D eigenvalue weighted by molar-refractivity contribution is -0.132. The number of hydrogen-bond acceptors (Lipinski definition) is 4. The van der Waals surface area contributed by atoms with Crippen LogP contribution in [-0.2, 0) is 16.0 Å². The summed E-state index contributed by atoms with van der Waals surface area (Å²) in [6.07, 6.45) is 3.30. The summed E-state index contributed by atoms with van der Waals surface area (Å²) >= 11 is 0. The van der Waals surface area contributed by atoms with E-state index in [1.165, 1.54) is 11.0 Å². The molecule has 1 aromatic carbocycles. The molecule has 0 aromatic heterocycles. The first kappa shape index (κ1) is 20.9. The fraction of sp³-hybridized carbons (Fsp3) is 0.444. The number of allylic oxidation sites excluding steroid dienone is 1. The van der Waals surface area contributed by atoms with Crippen molar-refractivity contribution in [2.75, 3.05) is 13.1 Å². The normalized spacial score (nSPS) is 12.1. The Kier molecular flexibility index (Phi) is 8.38. The van der Waals surface area contributed by atoms with Gasteiger partial charge in [-0.1, -0.05) is 29.8 Å². The Hall–Kier alpha value is -2.12. The lowest BCUT2D eigenvalue weighted by Gasteiger charge is -2.23. The van der Waals surface area contributed by atoms with E-state index in [0.29, 0.717) is 13.0 Å². The minimum atomic E-state index is -1.69. The molecule has 0 saturated heterocycles. The highest BCUT2D eigenvalue weighted by atomic mass is 16.4. The van der Waals surface area contributed by atoms with Crippen LogP contribution < -0.4 is 5.32 Å². The molecule has 3 N–H and O–H groups in total. The molecular formula is C18H27BN2O4. The molecule has 0 aliphatic rings. The van der Waals surface area contributed by atoms with Crippen molar-refractivity contribution in [3.05, 3.63) is 47.0 Å². The molecule has 1 rings (SSSR count). The number of benzene rings is 1. The molecule has 0 heterocycles. The number of amides is 2. The van der Waals surface area contributed by atoms with E-state index in [1.54, 1.807) is 19.9 Å². The highest BCUT2D eigenvalue weighted by molar-refractivity contribution is 6.43. The predicted molar refractivity (Wildman–Crippen MR) is 98.8 cm³/mol. The van der Waals surface area contributed by atoms with Crippen molar-refractivity contribution in [1.29, 1.82) is 0 Å². The van der Waals surface area contributed by atoms with Crippen molar-refractivity contribution in [2.45, 2.75) is 40.1 Å². The first-order chi connectivity index (χ1) is 11.8. The first-order valence-corrected chi connectivity index (χ1v) is 8.41. The fourth-order valence-corrected chi connectivity index (χ4v) is 2.56. The number of aryl methyl sites for hydroxylation is 2. The van der Waals surface area contributed by atoms with Gasteiger partial charge in [0.15, 0.2) is 0 Å². The Labute approximate surface area is 149 Å². The number of nitrogens with one attached hydrogen (secondary N) is 1. The van der Waals surface area contributed by atoms with E-state index >= 15 is 0 Å². The lowest BCUT2D eigenvalue weighted by atomic mass is 9.75. The molecule has 0 aliphatic heterocycles. The van der Waals surface area contributed by atoms with Crippen LogP contribution >= 0.6 is 0 Å². The zero-order valence-electron chi connectivity index (χ0n) is 15.3. The van der Waals surface area contributed by atoms with Gasteiger partial charge in [0, 0.05) is 6.54 Å². The molecule has 0 fully saturated rings. The summed E-state index contributed by atoms with van der Waals surface area (Å²) in [5, 5.41) is 21.8. The van der Waals surface area contributed by atoms with E-state index in [0.717, 1.165) is 16.7 Å². The molecule has 0 radical (unpaired) electrons. The number of hydrogen-bond donors (Lipinski definition) is 3. The molecule has 2 amide bonds. The molecule has 0 aliphatic carbocycles. The van der Waals surface area contributed by atoms with E-state index in [1.807, 2.05) is 32.0 Å². The Morgan fingerprint density at radius 3 is 2.52 bits per heavy atom. The summed E-state index contributed by atoms with van der Waals surface area (Å²) in [6, 6.07) is 5.87. The molecular weight excluding hydrogens is 319 g/mol. The van der Waals surface area contributed by atoms with E-state index < -0.39 is 19.0 Å². The Balaban J connectivity index is 2.76. The van der Waals surface area contributed by atoms with Crippen molar-refractivity contribution >= 4 is 18.9 Å². The van der Waals surface area contributed by atoms with Crippen molar-refractivity contribution < 1.29 is 19.6 Å². The fourth-order valence-electron chi connectivity index (χ4n) is 2.56. The molecule has 0 bridgehead atoms. The zero-order chi connectivity index (χ0) is 19.0. The van der Waals surface area contributed by atoms with Crippen LogP contribution in [0.25, 0.3) is 0 Å². The second-order valence-electron chi connectivity index (χ2n) is 6.07. The van der Waals surface area contributed by atoms with E-state index in [4.69, 9.17) is 0 Å². The molecule has 1 unspecified atom stereocenters. The first-order valence-electron chi connectivity index (χ1n) is 8.41. The van der Waals surface area contributed by atoms with Crippen LogP contribution in [0.1, 0.15) is 30.5 Å². The van der Waals surface area contributed by atoms with Crippen molar-refractivity contribution in [2.24, 2.45) is 0 Å². The summed E-state index contributed by atoms with van der Waals surface area (Å²) in [6.45, 7) is 7.70. The lowest BCUT2D eigenvalue weighted by Crippen LogP contribution is -2.51. The minimum absolute atomic E-state index is 0.129. The molecule has 0 saturated carbocycles. The summed E-state index contributed by atoms with van der Waals surface area (Å²) in [7, 11) is -1.69. The van der Waals surface area contributed by atoms with Gasteiger partial charge in [0.05, 0.1) is 12.5 Å². The van der Waals surface area contributed by atoms with Crippen LogP contribution in [0.2, 0.25) is 0 Å². The van der Waals surface area contributed by atoms with Gasteiger partial charge in [-0.25, -0.2) is 0 Å². The van der Waals surface area contributed by atoms with E-state index in [2.05, 4.69) is 5.32 Å². The highest BCUT2D eigenvalue weighted by Crippen LogP contribution is 2.13. The minimum Gasteiger partial charge on any atom is -0.426 e. The quantitative estimate of drug-likeness (QED) is 0.479. The van der Waals surface area contributed by atoms with Crippen molar-refractivity contribution in [1.82, 2.24) is 10.2 Å². The van der Waals surface area contributed by atoms with E-state index in [9.17, 15) is 19.6 Å². The number of carbonyl (C=O) groups excluding carboxylic acids is 2. The molecule has 1 aromatic rings. The van der Waals surface area contributed by atoms with Gasteiger partial charge in [0.2, 0.25) is 11.8 Å². The summed E-state index contributed by atoms with van der Waals surface area (Å²) in [5.41, 5.74) is 3.08. The molecule has 6 nitrogen and oxygen atoms in total. The predicted octanol–water partition coefficient (Wildman–Crippen LogP) is 0.767. The van der Waals surface area contributed by atoms with Crippen LogP contribution in [0.5, 0.6) is 0 Å². The molecule has 25 heavy (non-hydrogen) atoms. The number of carbonyl (C=O) groups is 2. The summed E-state index contributed by atoms with van der Waals surface area (Å²) < 4.78 is 0. The van der Waals surface area contributed by atoms with Gasteiger partial charge in [0.25, 0.3) is 0 Å². The maximum Gasteiger partial charge on any atom is 0.475 e. The van der Waals surface area contributed by atoms with Gasteiger partial charge >= 0.3 is 7.12 Å². The third-order valence-corrected chi connectivity index (χ3v) is 3.98. The summed E-state index contributed by atoms with van der Waals surface area (Å²) in [4.78, 5) is 25.5. The van der Waals surface area contributed by atoms with Crippen LogP contribution in [0.4, 0.5) is 0 Å². The second kappa shape index (κ2) is 10.0. The largest absolute Gasteiger partial charge is 0.475 e. The topological polar surface area (TPSA) is 89.9 Å². The van der Waals surface area contributed by atoms with E-state index in [-0.39, 0.29) is 12.5 Å². The summed E-state index contributed by atoms with van der Waals surface area (Å²) in [5.74, 6) is -1.53. The highest BCUT2D eigenvalue weighted by Gasteiger charge is 2.27. The Bertz CT molecular complexity index is 632. The average molecular weight is 346 g/mol. The zero-order valence-corrected chi connectivity index (χ0v) is 15.3. The monoisotopic (exact) mass is 346 g/mol. The molecule has 1 atom stereocenters. The Morgan fingerprint density at radius 2 is 2.00 bits per heavy atom. The van der Waals surface area contributed by atoms with Gasteiger partial charge in [-0.3, -0.25) is 9.59 Å². The maximum atomic E-state index is 12.2. The van der Waals surface area contributed by atoms with Gasteiger partial charge in [-0.15, -0.1) is 0 Å².